The van der Waals surface area contributed by atoms with Crippen LogP contribution in [0.4, 0.5) is 0 Å². The van der Waals surface area contributed by atoms with Gasteiger partial charge in [-0.2, -0.15) is 0 Å². The fraction of sp³-hybridized carbons (Fsp3) is 0.529. The Balaban J connectivity index is 3.43. The molecule has 0 atom stereocenters. The van der Waals surface area contributed by atoms with E-state index in [1.807, 2.05) is 26.0 Å². The molecule has 0 radical (unpaired) electrons. The molecular weight excluding hydrogens is 268 g/mol. The van der Waals surface area contributed by atoms with E-state index in [0.717, 1.165) is 11.1 Å². The second kappa shape index (κ2) is 6.29. The maximum atomic E-state index is 12.4. The van der Waals surface area contributed by atoms with Crippen molar-refractivity contribution in [1.29, 1.82) is 0 Å². The highest BCUT2D eigenvalue weighted by Gasteiger charge is 2.26. The SMILES string of the molecule is CC(=O)Oc1c(C(C)C)ccc(C)c1C(=O)OC(C)(C)C. The van der Waals surface area contributed by atoms with Gasteiger partial charge >= 0.3 is 11.9 Å². The highest BCUT2D eigenvalue weighted by atomic mass is 16.6. The zero-order chi connectivity index (χ0) is 16.4. The van der Waals surface area contributed by atoms with E-state index in [0.29, 0.717) is 11.3 Å². The quantitative estimate of drug-likeness (QED) is 0.624. The first-order chi connectivity index (χ1) is 9.53. The van der Waals surface area contributed by atoms with Crippen molar-refractivity contribution in [2.24, 2.45) is 0 Å². The van der Waals surface area contributed by atoms with Crippen molar-refractivity contribution in [2.75, 3.05) is 0 Å². The van der Waals surface area contributed by atoms with Gasteiger partial charge in [-0.3, -0.25) is 4.79 Å². The van der Waals surface area contributed by atoms with Crippen LogP contribution in [0.3, 0.4) is 0 Å². The Bertz CT molecular complexity index is 551. The maximum absolute atomic E-state index is 12.4. The van der Waals surface area contributed by atoms with Gasteiger partial charge in [0.05, 0.1) is 0 Å². The highest BCUT2D eigenvalue weighted by Crippen LogP contribution is 2.34. The van der Waals surface area contributed by atoms with Gasteiger partial charge < -0.3 is 9.47 Å². The summed E-state index contributed by atoms with van der Waals surface area (Å²) in [6.45, 7) is 12.5. The molecule has 116 valence electrons. The lowest BCUT2D eigenvalue weighted by atomic mass is 9.95. The number of carbonyl (C=O) groups is 2. The molecule has 0 aromatic heterocycles. The van der Waals surface area contributed by atoms with Crippen LogP contribution in [0.2, 0.25) is 0 Å². The van der Waals surface area contributed by atoms with E-state index >= 15 is 0 Å². The molecule has 0 spiro atoms. The zero-order valence-corrected chi connectivity index (χ0v) is 13.9. The number of rotatable bonds is 3. The van der Waals surface area contributed by atoms with Crippen LogP contribution in [0.25, 0.3) is 0 Å². The summed E-state index contributed by atoms with van der Waals surface area (Å²) in [7, 11) is 0. The average molecular weight is 292 g/mol. The van der Waals surface area contributed by atoms with Crippen molar-refractivity contribution in [1.82, 2.24) is 0 Å². The molecule has 0 bridgehead atoms. The van der Waals surface area contributed by atoms with Crippen molar-refractivity contribution in [3.05, 3.63) is 28.8 Å². The fourth-order valence-corrected chi connectivity index (χ4v) is 1.99. The fourth-order valence-electron chi connectivity index (χ4n) is 1.99. The second-order valence-corrected chi connectivity index (χ2v) is 6.43. The molecule has 4 nitrogen and oxygen atoms in total. The molecule has 1 aromatic carbocycles. The number of aryl methyl sites for hydroxylation is 1. The molecule has 1 rings (SSSR count). The Morgan fingerprint density at radius 2 is 1.71 bits per heavy atom. The smallest absolute Gasteiger partial charge is 0.342 e. The summed E-state index contributed by atoms with van der Waals surface area (Å²) < 4.78 is 10.7. The minimum atomic E-state index is -0.606. The van der Waals surface area contributed by atoms with Gasteiger partial charge in [0.1, 0.15) is 16.9 Å². The van der Waals surface area contributed by atoms with Crippen molar-refractivity contribution in [3.8, 4) is 5.75 Å². The summed E-state index contributed by atoms with van der Waals surface area (Å²) in [6, 6.07) is 3.73. The molecule has 4 heteroatoms. The minimum Gasteiger partial charge on any atom is -0.456 e. The topological polar surface area (TPSA) is 52.6 Å². The number of hydrogen-bond acceptors (Lipinski definition) is 4. The Morgan fingerprint density at radius 3 is 2.14 bits per heavy atom. The summed E-state index contributed by atoms with van der Waals surface area (Å²) in [5, 5.41) is 0. The highest BCUT2D eigenvalue weighted by molar-refractivity contribution is 5.96. The number of hydrogen-bond donors (Lipinski definition) is 0. The van der Waals surface area contributed by atoms with Gasteiger partial charge in [-0.05, 0) is 44.7 Å². The normalized spacial score (nSPS) is 11.4. The number of carbonyl (C=O) groups excluding carboxylic acids is 2. The predicted molar refractivity (Wildman–Crippen MR) is 81.7 cm³/mol. The van der Waals surface area contributed by atoms with E-state index in [2.05, 4.69) is 0 Å². The molecule has 0 aliphatic heterocycles. The second-order valence-electron chi connectivity index (χ2n) is 6.43. The van der Waals surface area contributed by atoms with Gasteiger partial charge in [-0.1, -0.05) is 26.0 Å². The molecular formula is C17H24O4. The third-order valence-electron chi connectivity index (χ3n) is 2.87. The van der Waals surface area contributed by atoms with Crippen LogP contribution >= 0.6 is 0 Å². The number of ether oxygens (including phenoxy) is 2. The molecule has 0 aliphatic rings. The number of esters is 2. The van der Waals surface area contributed by atoms with Crippen molar-refractivity contribution in [3.63, 3.8) is 0 Å². The molecule has 1 aromatic rings. The summed E-state index contributed by atoms with van der Waals surface area (Å²) in [4.78, 5) is 23.8. The van der Waals surface area contributed by atoms with Crippen molar-refractivity contribution < 1.29 is 19.1 Å². The van der Waals surface area contributed by atoms with E-state index in [1.165, 1.54) is 6.92 Å². The van der Waals surface area contributed by atoms with Gasteiger partial charge in [0.15, 0.2) is 0 Å². The van der Waals surface area contributed by atoms with E-state index in [1.54, 1.807) is 27.7 Å². The Morgan fingerprint density at radius 1 is 1.14 bits per heavy atom. The molecule has 0 heterocycles. The summed E-state index contributed by atoms with van der Waals surface area (Å²) in [5.74, 6) is -0.487. The molecule has 0 amide bonds. The van der Waals surface area contributed by atoms with Crippen molar-refractivity contribution >= 4 is 11.9 Å². The van der Waals surface area contributed by atoms with Gasteiger partial charge in [-0.15, -0.1) is 0 Å². The monoisotopic (exact) mass is 292 g/mol. The molecule has 0 saturated carbocycles. The predicted octanol–water partition coefficient (Wildman–Crippen LogP) is 4.00. The van der Waals surface area contributed by atoms with E-state index in [-0.39, 0.29) is 5.92 Å². The minimum absolute atomic E-state index is 0.126. The van der Waals surface area contributed by atoms with Gasteiger partial charge in [0, 0.05) is 6.92 Å². The molecule has 0 fully saturated rings. The lowest BCUT2D eigenvalue weighted by Crippen LogP contribution is -2.25. The Hall–Kier alpha value is -1.84. The molecule has 0 saturated heterocycles. The first-order valence-electron chi connectivity index (χ1n) is 7.08. The van der Waals surface area contributed by atoms with Crippen LogP contribution in [0.15, 0.2) is 12.1 Å². The lowest BCUT2D eigenvalue weighted by Gasteiger charge is -2.22. The lowest BCUT2D eigenvalue weighted by molar-refractivity contribution is -0.131. The number of benzene rings is 1. The average Bonchev–Trinajstić information content (AvgIpc) is 2.24. The summed E-state index contributed by atoms with van der Waals surface area (Å²) >= 11 is 0. The van der Waals surface area contributed by atoms with Crippen molar-refractivity contribution in [2.45, 2.75) is 60.0 Å². The molecule has 0 aliphatic carbocycles. The van der Waals surface area contributed by atoms with E-state index in [4.69, 9.17) is 9.47 Å². The summed E-state index contributed by atoms with van der Waals surface area (Å²) in [5.41, 5.74) is 1.26. The van der Waals surface area contributed by atoms with Crippen LogP contribution < -0.4 is 4.74 Å². The van der Waals surface area contributed by atoms with Gasteiger partial charge in [0.2, 0.25) is 0 Å². The van der Waals surface area contributed by atoms with Crippen LogP contribution in [0.5, 0.6) is 5.75 Å². The van der Waals surface area contributed by atoms with Crippen LogP contribution in [-0.4, -0.2) is 17.5 Å². The van der Waals surface area contributed by atoms with Crippen LogP contribution in [-0.2, 0) is 9.53 Å². The Kier molecular flexibility index (Phi) is 5.15. The first-order valence-corrected chi connectivity index (χ1v) is 7.08. The Labute approximate surface area is 126 Å². The van der Waals surface area contributed by atoms with Crippen LogP contribution in [0, 0.1) is 6.92 Å². The molecule has 0 N–H and O–H groups in total. The third-order valence-corrected chi connectivity index (χ3v) is 2.87. The standard InChI is InChI=1S/C17H24O4/c1-10(2)13-9-8-11(3)14(15(13)20-12(4)18)16(19)21-17(5,6)7/h8-10H,1-7H3. The van der Waals surface area contributed by atoms with Gasteiger partial charge in [-0.25, -0.2) is 4.79 Å². The van der Waals surface area contributed by atoms with Gasteiger partial charge in [0.25, 0.3) is 0 Å². The first kappa shape index (κ1) is 17.2. The largest absolute Gasteiger partial charge is 0.456 e. The molecule has 0 unspecified atom stereocenters. The van der Waals surface area contributed by atoms with E-state index in [9.17, 15) is 9.59 Å². The third kappa shape index (κ3) is 4.59. The maximum Gasteiger partial charge on any atom is 0.342 e. The van der Waals surface area contributed by atoms with E-state index < -0.39 is 17.5 Å². The molecule has 21 heavy (non-hydrogen) atoms. The zero-order valence-electron chi connectivity index (χ0n) is 13.9. The van der Waals surface area contributed by atoms with Crippen LogP contribution in [0.1, 0.15) is 68.9 Å². The summed E-state index contributed by atoms with van der Waals surface area (Å²) in [6.07, 6.45) is 0.